The molecule has 0 aliphatic carbocycles. The molecule has 0 spiro atoms. The Kier molecular flexibility index (Phi) is 7.86. The third-order valence-corrected chi connectivity index (χ3v) is 11.0. The van der Waals surface area contributed by atoms with Crippen molar-refractivity contribution in [3.63, 3.8) is 0 Å². The van der Waals surface area contributed by atoms with Crippen LogP contribution in [-0.2, 0) is 11.0 Å². The summed E-state index contributed by atoms with van der Waals surface area (Å²) in [5, 5.41) is 9.06. The molecule has 7 heteroatoms. The van der Waals surface area contributed by atoms with Crippen LogP contribution in [0.3, 0.4) is 0 Å². The van der Waals surface area contributed by atoms with E-state index in [1.54, 1.807) is 7.11 Å². The number of halogens is 1. The van der Waals surface area contributed by atoms with Crippen LogP contribution in [0.5, 0.6) is 5.75 Å². The molecule has 2 rings (SSSR count). The third-order valence-electron chi connectivity index (χ3n) is 5.37. The zero-order valence-corrected chi connectivity index (χ0v) is 21.0. The summed E-state index contributed by atoms with van der Waals surface area (Å²) >= 11 is 2.34. The van der Waals surface area contributed by atoms with Crippen molar-refractivity contribution >= 4 is 30.9 Å². The van der Waals surface area contributed by atoms with Crippen molar-refractivity contribution < 1.29 is 9.16 Å². The first-order valence-electron chi connectivity index (χ1n) is 9.59. The lowest BCUT2D eigenvalue weighted by atomic mass is 10.1. The fraction of sp³-hybridized carbons (Fsp3) is 0.524. The highest BCUT2D eigenvalue weighted by molar-refractivity contribution is 14.1. The maximum Gasteiger partial charge on any atom is 0.192 e. The highest BCUT2D eigenvalue weighted by Crippen LogP contribution is 2.41. The van der Waals surface area contributed by atoms with Gasteiger partial charge < -0.3 is 9.16 Å². The molecule has 0 N–H and O–H groups in total. The average Bonchev–Trinajstić information content (AvgIpc) is 2.99. The normalized spacial score (nSPS) is 13.4. The molecule has 0 saturated carbocycles. The maximum absolute atomic E-state index is 6.72. The Balaban J connectivity index is 2.25. The minimum absolute atomic E-state index is 0.0598. The average molecular weight is 513 g/mol. The fourth-order valence-electron chi connectivity index (χ4n) is 2.57. The second-order valence-corrected chi connectivity index (χ2v) is 14.3. The van der Waals surface area contributed by atoms with Gasteiger partial charge in [-0.1, -0.05) is 44.2 Å². The number of rotatable bonds is 9. The molecular formula is C21H32IN3O2Si. The van der Waals surface area contributed by atoms with Crippen LogP contribution in [-0.4, -0.2) is 30.4 Å². The van der Waals surface area contributed by atoms with Crippen LogP contribution < -0.4 is 4.74 Å². The summed E-state index contributed by atoms with van der Waals surface area (Å²) < 4.78 is 14.9. The van der Waals surface area contributed by atoms with Crippen molar-refractivity contribution in [2.45, 2.75) is 64.4 Å². The van der Waals surface area contributed by atoms with Crippen molar-refractivity contribution in [3.8, 4) is 5.75 Å². The Morgan fingerprint density at radius 1 is 1.25 bits per heavy atom. The van der Waals surface area contributed by atoms with Gasteiger partial charge in [0.2, 0.25) is 0 Å². The smallest absolute Gasteiger partial charge is 0.192 e. The van der Waals surface area contributed by atoms with Gasteiger partial charge in [-0.15, -0.1) is 11.7 Å². The first-order valence-corrected chi connectivity index (χ1v) is 13.6. The van der Waals surface area contributed by atoms with Crippen LogP contribution in [0.2, 0.25) is 18.1 Å². The fourth-order valence-corrected chi connectivity index (χ4v) is 4.59. The maximum atomic E-state index is 6.72. The van der Waals surface area contributed by atoms with E-state index in [1.165, 1.54) is 0 Å². The summed E-state index contributed by atoms with van der Waals surface area (Å²) in [4.78, 5) is 0. The molecular weight excluding hydrogens is 481 g/mol. The van der Waals surface area contributed by atoms with Gasteiger partial charge in [-0.2, -0.15) is 0 Å². The summed E-state index contributed by atoms with van der Waals surface area (Å²) in [7, 11) is -0.254. The number of ether oxygens (including phenoxy) is 1. The summed E-state index contributed by atoms with van der Waals surface area (Å²) in [6.07, 6.45) is 3.64. The van der Waals surface area contributed by atoms with Crippen LogP contribution in [0, 0.1) is 3.70 Å². The molecule has 0 bridgehead atoms. The summed E-state index contributed by atoms with van der Waals surface area (Å²) in [6.45, 7) is 15.9. The molecule has 0 aliphatic rings. The molecule has 0 radical (unpaired) electrons. The monoisotopic (exact) mass is 513 g/mol. The van der Waals surface area contributed by atoms with Gasteiger partial charge >= 0.3 is 0 Å². The van der Waals surface area contributed by atoms with Crippen molar-refractivity contribution in [3.05, 3.63) is 51.9 Å². The first kappa shape index (κ1) is 23.1. The summed E-state index contributed by atoms with van der Waals surface area (Å²) in [5.41, 5.74) is 2.09. The van der Waals surface area contributed by atoms with Crippen LogP contribution in [0.4, 0.5) is 0 Å². The Hall–Kier alpha value is -1.19. The highest BCUT2D eigenvalue weighted by atomic mass is 127. The number of aromatic nitrogens is 3. The molecule has 1 aromatic carbocycles. The van der Waals surface area contributed by atoms with Gasteiger partial charge in [0, 0.05) is 0 Å². The molecule has 1 heterocycles. The van der Waals surface area contributed by atoms with Crippen molar-refractivity contribution in [2.75, 3.05) is 7.11 Å². The standard InChI is InChI=1S/C21H32IN3O2Si/c1-8-9-10-18(27-28(6,7)21(2,3)4)19-20(22)25(24-23-19)15-16-11-13-17(26-5)14-12-16/h8,11-14,18H,1,9-10,15H2,2-7H3/t18-/m1/s1. The number of hydrogen-bond donors (Lipinski definition) is 0. The Labute approximate surface area is 183 Å². The first-order chi connectivity index (χ1) is 13.1. The second kappa shape index (κ2) is 9.54. The van der Waals surface area contributed by atoms with Crippen molar-refractivity contribution in [1.82, 2.24) is 15.0 Å². The Morgan fingerprint density at radius 2 is 1.89 bits per heavy atom. The zero-order chi connectivity index (χ0) is 20.9. The summed E-state index contributed by atoms with van der Waals surface area (Å²) in [5.74, 6) is 0.852. The van der Waals surface area contributed by atoms with Gasteiger partial charge in [0.15, 0.2) is 8.32 Å². The van der Waals surface area contributed by atoms with Crippen LogP contribution >= 0.6 is 22.6 Å². The molecule has 0 unspecified atom stereocenters. The predicted molar refractivity (Wildman–Crippen MR) is 125 cm³/mol. The number of allylic oxidation sites excluding steroid dienone is 1. The van der Waals surface area contributed by atoms with Gasteiger partial charge in [-0.25, -0.2) is 4.68 Å². The van der Waals surface area contributed by atoms with E-state index in [4.69, 9.17) is 9.16 Å². The molecule has 2 aromatic rings. The van der Waals surface area contributed by atoms with E-state index in [1.807, 2.05) is 22.9 Å². The molecule has 1 aromatic heterocycles. The van der Waals surface area contributed by atoms with Gasteiger partial charge in [-0.3, -0.25) is 0 Å². The van der Waals surface area contributed by atoms with E-state index >= 15 is 0 Å². The lowest BCUT2D eigenvalue weighted by molar-refractivity contribution is 0.169. The lowest BCUT2D eigenvalue weighted by Gasteiger charge is -2.39. The molecule has 0 fully saturated rings. The molecule has 0 amide bonds. The Morgan fingerprint density at radius 3 is 2.43 bits per heavy atom. The molecule has 1 atom stereocenters. The van der Waals surface area contributed by atoms with Gasteiger partial charge in [0.1, 0.15) is 15.1 Å². The minimum atomic E-state index is -1.93. The highest BCUT2D eigenvalue weighted by Gasteiger charge is 2.40. The predicted octanol–water partition coefficient (Wildman–Crippen LogP) is 5.97. The number of hydrogen-bond acceptors (Lipinski definition) is 4. The van der Waals surface area contributed by atoms with Gasteiger partial charge in [0.05, 0.1) is 19.8 Å². The van der Waals surface area contributed by atoms with E-state index in [0.717, 1.165) is 33.5 Å². The second-order valence-electron chi connectivity index (χ2n) is 8.50. The quantitative estimate of drug-likeness (QED) is 0.236. The van der Waals surface area contributed by atoms with E-state index in [0.29, 0.717) is 6.54 Å². The molecule has 154 valence electrons. The molecule has 5 nitrogen and oxygen atoms in total. The zero-order valence-electron chi connectivity index (χ0n) is 17.8. The molecule has 28 heavy (non-hydrogen) atoms. The van der Waals surface area contributed by atoms with Crippen LogP contribution in [0.1, 0.15) is 51.0 Å². The van der Waals surface area contributed by atoms with E-state index in [9.17, 15) is 0 Å². The third kappa shape index (κ3) is 5.67. The van der Waals surface area contributed by atoms with E-state index in [-0.39, 0.29) is 11.1 Å². The summed E-state index contributed by atoms with van der Waals surface area (Å²) in [6, 6.07) is 8.04. The number of nitrogens with zero attached hydrogens (tertiary/aromatic N) is 3. The molecule has 0 saturated heterocycles. The largest absolute Gasteiger partial charge is 0.497 e. The molecule has 0 aliphatic heterocycles. The van der Waals surface area contributed by atoms with Crippen LogP contribution in [0.25, 0.3) is 0 Å². The van der Waals surface area contributed by atoms with Gasteiger partial charge in [0.25, 0.3) is 0 Å². The van der Waals surface area contributed by atoms with E-state index in [2.05, 4.69) is 85.5 Å². The number of benzene rings is 1. The lowest BCUT2D eigenvalue weighted by Crippen LogP contribution is -2.42. The van der Waals surface area contributed by atoms with Crippen molar-refractivity contribution in [2.24, 2.45) is 0 Å². The minimum Gasteiger partial charge on any atom is -0.497 e. The van der Waals surface area contributed by atoms with Crippen LogP contribution in [0.15, 0.2) is 36.9 Å². The topological polar surface area (TPSA) is 49.2 Å². The van der Waals surface area contributed by atoms with E-state index < -0.39 is 8.32 Å². The van der Waals surface area contributed by atoms with Crippen molar-refractivity contribution in [1.29, 1.82) is 0 Å². The SMILES string of the molecule is C=CCC[C@@H](O[Si](C)(C)C(C)(C)C)c1nnn(Cc2ccc(OC)cc2)c1I. The number of methoxy groups -OCH3 is 1. The van der Waals surface area contributed by atoms with Gasteiger partial charge in [-0.05, 0) is 71.3 Å². The Bertz CT molecular complexity index is 782.